The summed E-state index contributed by atoms with van der Waals surface area (Å²) in [6.45, 7) is 4.94. The Morgan fingerprint density at radius 1 is 0.667 bits per heavy atom. The maximum Gasteiger partial charge on any atom is 4.00 e. The van der Waals surface area contributed by atoms with E-state index in [4.69, 9.17) is 0 Å². The second kappa shape index (κ2) is 8.15. The molecule has 0 saturated heterocycles. The molecule has 0 spiro atoms. The summed E-state index contributed by atoms with van der Waals surface area (Å²) in [5.41, 5.74) is 0. The number of rotatable bonds is 2. The van der Waals surface area contributed by atoms with Crippen LogP contribution in [0.3, 0.4) is 0 Å². The molecule has 24 heavy (non-hydrogen) atoms. The van der Waals surface area contributed by atoms with Gasteiger partial charge in [-0.05, 0) is 0 Å². The standard InChI is InChI=1S/C20H18Si.2ClH.Zr/c1-21(2,19-13-5-9-15-7-3-11-17(15)19)20-14-6-10-16-8-4-12-18(16)20;;;/h3-14H,1-2H3;2*1H;/q-2;;;+4/p-2. The maximum absolute atomic E-state index is 2.47. The van der Waals surface area contributed by atoms with E-state index in [-0.39, 0.29) is 51.0 Å². The summed E-state index contributed by atoms with van der Waals surface area (Å²) in [6.07, 6.45) is 0. The van der Waals surface area contributed by atoms with Gasteiger partial charge in [-0.15, -0.1) is 68.3 Å². The van der Waals surface area contributed by atoms with E-state index in [1.807, 2.05) is 0 Å². The molecule has 4 aromatic rings. The molecule has 0 nitrogen and oxygen atoms in total. The average molecular weight is 449 g/mol. The predicted molar refractivity (Wildman–Crippen MR) is 95.8 cm³/mol. The van der Waals surface area contributed by atoms with Crippen LogP contribution in [-0.2, 0) is 26.2 Å². The van der Waals surface area contributed by atoms with E-state index in [2.05, 4.69) is 85.9 Å². The minimum atomic E-state index is -1.71. The van der Waals surface area contributed by atoms with Crippen molar-refractivity contribution in [2.75, 3.05) is 0 Å². The summed E-state index contributed by atoms with van der Waals surface area (Å²) in [5, 5.41) is 8.67. The minimum Gasteiger partial charge on any atom is -1.00 e. The van der Waals surface area contributed by atoms with Gasteiger partial charge in [-0.1, -0.05) is 25.2 Å². The third kappa shape index (κ3) is 3.35. The smallest absolute Gasteiger partial charge is 1.00 e. The molecule has 4 rings (SSSR count). The molecule has 0 fully saturated rings. The second-order valence-electron chi connectivity index (χ2n) is 6.29. The molecule has 0 aliphatic rings. The van der Waals surface area contributed by atoms with Crippen LogP contribution in [0, 0.1) is 0 Å². The Morgan fingerprint density at radius 3 is 1.50 bits per heavy atom. The van der Waals surface area contributed by atoms with Crippen LogP contribution in [0.25, 0.3) is 21.5 Å². The van der Waals surface area contributed by atoms with Crippen molar-refractivity contribution in [3.05, 3.63) is 72.8 Å². The van der Waals surface area contributed by atoms with Gasteiger partial charge in [-0.3, -0.25) is 0 Å². The van der Waals surface area contributed by atoms with Gasteiger partial charge < -0.3 is 24.8 Å². The fraction of sp³-hybridized carbons (Fsp3) is 0.100. The van der Waals surface area contributed by atoms with Crippen molar-refractivity contribution in [1.29, 1.82) is 0 Å². The predicted octanol–water partition coefficient (Wildman–Crippen LogP) is -1.74. The number of fused-ring (bicyclic) bond motifs is 2. The van der Waals surface area contributed by atoms with Crippen LogP contribution in [0.1, 0.15) is 0 Å². The molecule has 0 aliphatic heterocycles. The largest absolute Gasteiger partial charge is 4.00 e. The van der Waals surface area contributed by atoms with E-state index in [0.29, 0.717) is 0 Å². The van der Waals surface area contributed by atoms with E-state index in [1.165, 1.54) is 21.5 Å². The van der Waals surface area contributed by atoms with E-state index >= 15 is 0 Å². The van der Waals surface area contributed by atoms with E-state index in [0.717, 1.165) is 0 Å². The van der Waals surface area contributed by atoms with Crippen molar-refractivity contribution < 1.29 is 51.0 Å². The van der Waals surface area contributed by atoms with Crippen molar-refractivity contribution in [1.82, 2.24) is 0 Å². The fourth-order valence-corrected chi connectivity index (χ4v) is 6.68. The molecule has 0 bridgehead atoms. The molecule has 120 valence electrons. The Kier molecular flexibility index (Phi) is 7.26. The summed E-state index contributed by atoms with van der Waals surface area (Å²) in [6, 6.07) is 26.8. The third-order valence-electron chi connectivity index (χ3n) is 4.70. The fourth-order valence-electron chi connectivity index (χ4n) is 3.56. The van der Waals surface area contributed by atoms with Crippen LogP contribution in [0.15, 0.2) is 72.8 Å². The molecule has 4 aromatic carbocycles. The number of hydrogen-bond donors (Lipinski definition) is 0. The summed E-state index contributed by atoms with van der Waals surface area (Å²) in [4.78, 5) is 0. The van der Waals surface area contributed by atoms with Gasteiger partial charge in [-0.2, -0.15) is 24.3 Å². The van der Waals surface area contributed by atoms with Crippen LogP contribution >= 0.6 is 0 Å². The number of halogens is 2. The van der Waals surface area contributed by atoms with Gasteiger partial charge in [0.05, 0.1) is 0 Å². The number of hydrogen-bond acceptors (Lipinski definition) is 0. The monoisotopic (exact) mass is 446 g/mol. The summed E-state index contributed by atoms with van der Waals surface area (Å²) >= 11 is 0. The van der Waals surface area contributed by atoms with Crippen LogP contribution in [0.4, 0.5) is 0 Å². The first-order valence-corrected chi connectivity index (χ1v) is 10.5. The van der Waals surface area contributed by atoms with Crippen LogP contribution < -0.4 is 35.2 Å². The Hall–Kier alpha value is -0.660. The van der Waals surface area contributed by atoms with Crippen LogP contribution in [0.2, 0.25) is 13.1 Å². The Morgan fingerprint density at radius 2 is 1.08 bits per heavy atom. The van der Waals surface area contributed by atoms with Crippen molar-refractivity contribution in [3.8, 4) is 0 Å². The Balaban J connectivity index is 0.000000960. The van der Waals surface area contributed by atoms with E-state index in [9.17, 15) is 0 Å². The molecular weight excluding hydrogens is 430 g/mol. The second-order valence-corrected chi connectivity index (χ2v) is 10.6. The molecule has 0 N–H and O–H groups in total. The topological polar surface area (TPSA) is 0 Å². The molecule has 0 aliphatic carbocycles. The third-order valence-corrected chi connectivity index (χ3v) is 8.27. The van der Waals surface area contributed by atoms with Crippen molar-refractivity contribution >= 4 is 40.0 Å². The maximum atomic E-state index is 2.47. The number of benzene rings is 2. The normalized spacial score (nSPS) is 10.8. The zero-order valence-corrected chi connectivity index (χ0v) is 18.7. The van der Waals surface area contributed by atoms with Gasteiger partial charge in [0.15, 0.2) is 0 Å². The molecular formula is C20H18Cl2SiZr. The molecule has 4 heteroatoms. The molecule has 0 radical (unpaired) electrons. The van der Waals surface area contributed by atoms with Crippen LogP contribution in [0.5, 0.6) is 0 Å². The average Bonchev–Trinajstić information content (AvgIpc) is 3.14. The molecule has 0 unspecified atom stereocenters. The van der Waals surface area contributed by atoms with E-state index in [1.54, 1.807) is 10.4 Å². The zero-order chi connectivity index (χ0) is 14.4. The van der Waals surface area contributed by atoms with Crippen LogP contribution in [-0.4, -0.2) is 8.07 Å². The molecule has 0 atom stereocenters. The van der Waals surface area contributed by atoms with Crippen molar-refractivity contribution in [2.24, 2.45) is 0 Å². The summed E-state index contributed by atoms with van der Waals surface area (Å²) < 4.78 is 0. The Labute approximate surface area is 175 Å². The van der Waals surface area contributed by atoms with E-state index < -0.39 is 8.07 Å². The zero-order valence-electron chi connectivity index (χ0n) is 13.7. The van der Waals surface area contributed by atoms with Gasteiger partial charge in [0.2, 0.25) is 0 Å². The molecule has 0 amide bonds. The molecule has 0 saturated carbocycles. The van der Waals surface area contributed by atoms with Gasteiger partial charge in [0.25, 0.3) is 0 Å². The van der Waals surface area contributed by atoms with Crippen molar-refractivity contribution in [2.45, 2.75) is 13.1 Å². The SMILES string of the molecule is C[Si](C)(c1cccc2cc[cH-]c12)c1cccc2cc[cH-]c12.[Cl-].[Cl-].[Zr+4]. The quantitative estimate of drug-likeness (QED) is 0.252. The first-order valence-electron chi connectivity index (χ1n) is 7.48. The van der Waals surface area contributed by atoms with Gasteiger partial charge >= 0.3 is 26.2 Å². The molecule has 0 aromatic heterocycles. The van der Waals surface area contributed by atoms with Gasteiger partial charge in [0, 0.05) is 8.07 Å². The summed E-state index contributed by atoms with van der Waals surface area (Å²) in [7, 11) is -1.71. The minimum absolute atomic E-state index is 0. The van der Waals surface area contributed by atoms with Crippen molar-refractivity contribution in [3.63, 3.8) is 0 Å². The molecule has 0 heterocycles. The van der Waals surface area contributed by atoms with Gasteiger partial charge in [-0.25, -0.2) is 0 Å². The first kappa shape index (κ1) is 21.4. The summed E-state index contributed by atoms with van der Waals surface area (Å²) in [5.74, 6) is 0. The van der Waals surface area contributed by atoms with Gasteiger partial charge in [0.1, 0.15) is 0 Å². The Bertz CT molecular complexity index is 861. The first-order chi connectivity index (χ1) is 10.2.